The fourth-order valence-electron chi connectivity index (χ4n) is 3.63. The van der Waals surface area contributed by atoms with Crippen LogP contribution in [-0.2, 0) is 14.3 Å². The van der Waals surface area contributed by atoms with Crippen molar-refractivity contribution >= 4 is 23.5 Å². The molecule has 2 aliphatic heterocycles. The lowest BCUT2D eigenvalue weighted by atomic mass is 9.80. The van der Waals surface area contributed by atoms with Crippen LogP contribution in [0.25, 0.3) is 0 Å². The normalized spacial score (nSPS) is 21.7. The molecule has 3 rings (SSSR count). The topological polar surface area (TPSA) is 74.3 Å². The highest BCUT2D eigenvalue weighted by Gasteiger charge is 2.45. The number of benzene rings is 1. The summed E-state index contributed by atoms with van der Waals surface area (Å²) in [6, 6.07) is 3.22. The fraction of sp³-hybridized carbons (Fsp3) is 0.579. The second-order valence-electron chi connectivity index (χ2n) is 6.75. The van der Waals surface area contributed by atoms with Gasteiger partial charge in [0.25, 0.3) is 5.91 Å². The zero-order chi connectivity index (χ0) is 19.4. The largest absolute Gasteiger partial charge is 0.486 e. The highest BCUT2D eigenvalue weighted by atomic mass is 35.5. The van der Waals surface area contributed by atoms with Crippen LogP contribution in [0, 0.1) is 5.41 Å². The Balaban J connectivity index is 1.84. The maximum absolute atomic E-state index is 13.1. The van der Waals surface area contributed by atoms with Gasteiger partial charge in [0.05, 0.1) is 18.2 Å². The van der Waals surface area contributed by atoms with Crippen LogP contribution in [0.15, 0.2) is 12.1 Å². The molecule has 0 saturated carbocycles. The summed E-state index contributed by atoms with van der Waals surface area (Å²) in [5.41, 5.74) is -0.447. The number of carbonyl (C=O) groups excluding carboxylic acids is 2. The van der Waals surface area contributed by atoms with Crippen molar-refractivity contribution < 1.29 is 28.5 Å². The second kappa shape index (κ2) is 8.35. The van der Waals surface area contributed by atoms with Crippen LogP contribution in [0.4, 0.5) is 0 Å². The van der Waals surface area contributed by atoms with Gasteiger partial charge in [-0.1, -0.05) is 11.6 Å². The quantitative estimate of drug-likeness (QED) is 0.711. The van der Waals surface area contributed by atoms with E-state index in [1.54, 1.807) is 31.1 Å². The molecular weight excluding hydrogens is 374 g/mol. The number of piperidine rings is 1. The van der Waals surface area contributed by atoms with E-state index in [-0.39, 0.29) is 31.6 Å². The lowest BCUT2D eigenvalue weighted by Gasteiger charge is -2.40. The van der Waals surface area contributed by atoms with Crippen molar-refractivity contribution in [1.82, 2.24) is 4.90 Å². The minimum atomic E-state index is -0.851. The number of rotatable bonds is 5. The van der Waals surface area contributed by atoms with Crippen molar-refractivity contribution in [3.63, 3.8) is 0 Å². The number of fused-ring (bicyclic) bond motifs is 1. The first-order valence-electron chi connectivity index (χ1n) is 9.05. The fourth-order valence-corrected chi connectivity index (χ4v) is 3.89. The van der Waals surface area contributed by atoms with Crippen molar-refractivity contribution in [3.05, 3.63) is 22.7 Å². The van der Waals surface area contributed by atoms with Crippen molar-refractivity contribution in [3.8, 4) is 11.5 Å². The Morgan fingerprint density at radius 2 is 2.07 bits per heavy atom. The number of hydrogen-bond acceptors (Lipinski definition) is 6. The Morgan fingerprint density at radius 3 is 2.81 bits per heavy atom. The van der Waals surface area contributed by atoms with Crippen LogP contribution in [0.2, 0.25) is 5.02 Å². The first-order valence-corrected chi connectivity index (χ1v) is 9.43. The third-order valence-corrected chi connectivity index (χ3v) is 5.12. The van der Waals surface area contributed by atoms with Gasteiger partial charge in [0.2, 0.25) is 0 Å². The van der Waals surface area contributed by atoms with E-state index in [1.165, 1.54) is 0 Å². The smallest absolute Gasteiger partial charge is 0.316 e. The predicted molar refractivity (Wildman–Crippen MR) is 98.5 cm³/mol. The van der Waals surface area contributed by atoms with E-state index in [0.717, 1.165) is 0 Å². The number of nitrogens with zero attached hydrogens (tertiary/aromatic N) is 1. The van der Waals surface area contributed by atoms with Gasteiger partial charge in [-0.05, 0) is 31.9 Å². The first-order chi connectivity index (χ1) is 13.0. The number of esters is 1. The van der Waals surface area contributed by atoms with Crippen LogP contribution in [0.1, 0.15) is 30.1 Å². The Labute approximate surface area is 163 Å². The van der Waals surface area contributed by atoms with E-state index in [1.807, 2.05) is 0 Å². The van der Waals surface area contributed by atoms with Crippen LogP contribution in [-0.4, -0.2) is 63.4 Å². The summed E-state index contributed by atoms with van der Waals surface area (Å²) in [5, 5.41) is 0.334. The molecule has 7 nitrogen and oxygen atoms in total. The molecule has 1 fully saturated rings. The number of carbonyl (C=O) groups is 2. The zero-order valence-corrected chi connectivity index (χ0v) is 16.3. The van der Waals surface area contributed by atoms with E-state index in [0.29, 0.717) is 54.7 Å². The van der Waals surface area contributed by atoms with Crippen molar-refractivity contribution in [1.29, 1.82) is 0 Å². The number of amides is 1. The van der Waals surface area contributed by atoms with Gasteiger partial charge in [0, 0.05) is 25.8 Å². The third kappa shape index (κ3) is 3.99. The third-order valence-electron chi connectivity index (χ3n) is 4.84. The maximum atomic E-state index is 13.1. The summed E-state index contributed by atoms with van der Waals surface area (Å²) in [7, 11) is 1.54. The maximum Gasteiger partial charge on any atom is 0.316 e. The molecule has 1 aromatic rings. The lowest BCUT2D eigenvalue weighted by molar-refractivity contribution is -0.162. The van der Waals surface area contributed by atoms with E-state index in [2.05, 4.69) is 0 Å². The van der Waals surface area contributed by atoms with E-state index >= 15 is 0 Å². The molecule has 1 atom stereocenters. The van der Waals surface area contributed by atoms with Gasteiger partial charge in [0.15, 0.2) is 11.5 Å². The van der Waals surface area contributed by atoms with Crippen LogP contribution >= 0.6 is 11.6 Å². The van der Waals surface area contributed by atoms with Crippen molar-refractivity contribution in [2.75, 3.05) is 46.6 Å². The minimum absolute atomic E-state index is 0.206. The highest BCUT2D eigenvalue weighted by Crippen LogP contribution is 2.39. The molecule has 1 aromatic carbocycles. The monoisotopic (exact) mass is 397 g/mol. The number of likely N-dealkylation sites (tertiary alicyclic amines) is 1. The van der Waals surface area contributed by atoms with Gasteiger partial charge in [-0.25, -0.2) is 0 Å². The molecule has 27 heavy (non-hydrogen) atoms. The predicted octanol–water partition coefficient (Wildman–Crippen LogP) is 2.54. The molecule has 8 heteroatoms. The Kier molecular flexibility index (Phi) is 6.11. The molecule has 0 aromatic heterocycles. The molecule has 0 radical (unpaired) electrons. The Bertz CT molecular complexity index is 720. The molecule has 1 saturated heterocycles. The van der Waals surface area contributed by atoms with Gasteiger partial charge in [-0.15, -0.1) is 0 Å². The van der Waals surface area contributed by atoms with E-state index in [9.17, 15) is 9.59 Å². The summed E-state index contributed by atoms with van der Waals surface area (Å²) in [6.07, 6.45) is 1.30. The van der Waals surface area contributed by atoms with Gasteiger partial charge >= 0.3 is 5.97 Å². The Morgan fingerprint density at radius 1 is 1.30 bits per heavy atom. The highest BCUT2D eigenvalue weighted by molar-refractivity contribution is 6.32. The Hall–Kier alpha value is -1.99. The molecule has 2 aliphatic rings. The number of halogens is 1. The van der Waals surface area contributed by atoms with Gasteiger partial charge < -0.3 is 23.8 Å². The number of methoxy groups -OCH3 is 1. The molecule has 0 aliphatic carbocycles. The van der Waals surface area contributed by atoms with Gasteiger partial charge in [0.1, 0.15) is 18.6 Å². The van der Waals surface area contributed by atoms with Gasteiger partial charge in [-0.2, -0.15) is 0 Å². The zero-order valence-electron chi connectivity index (χ0n) is 15.6. The SMILES string of the molecule is CCOC(=O)C1(COC)CCCN(C(=O)c2cc(Cl)c3c(c2)OCCO3)C1. The summed E-state index contributed by atoms with van der Waals surface area (Å²) < 4.78 is 21.6. The standard InChI is InChI=1S/C19H24ClNO6/c1-3-25-18(23)19(12-24-2)5-4-6-21(11-19)17(22)13-9-14(20)16-15(10-13)26-7-8-27-16/h9-10H,3-8,11-12H2,1-2H3. The molecule has 148 valence electrons. The first kappa shape index (κ1) is 19.8. The van der Waals surface area contributed by atoms with E-state index in [4.69, 9.17) is 30.5 Å². The number of hydrogen-bond donors (Lipinski definition) is 0. The van der Waals surface area contributed by atoms with Crippen molar-refractivity contribution in [2.24, 2.45) is 5.41 Å². The molecule has 1 unspecified atom stereocenters. The van der Waals surface area contributed by atoms with Crippen LogP contribution in [0.5, 0.6) is 11.5 Å². The van der Waals surface area contributed by atoms with Crippen molar-refractivity contribution in [2.45, 2.75) is 19.8 Å². The summed E-state index contributed by atoms with van der Waals surface area (Å²) >= 11 is 6.26. The van der Waals surface area contributed by atoms with Gasteiger partial charge in [-0.3, -0.25) is 9.59 Å². The van der Waals surface area contributed by atoms with E-state index < -0.39 is 5.41 Å². The lowest BCUT2D eigenvalue weighted by Crippen LogP contribution is -2.52. The number of ether oxygens (including phenoxy) is 4. The molecule has 0 N–H and O–H groups in total. The second-order valence-corrected chi connectivity index (χ2v) is 7.15. The summed E-state index contributed by atoms with van der Waals surface area (Å²) in [6.45, 7) is 3.88. The molecule has 0 bridgehead atoms. The summed E-state index contributed by atoms with van der Waals surface area (Å²) in [5.74, 6) is 0.379. The average molecular weight is 398 g/mol. The molecule has 2 heterocycles. The molecular formula is C19H24ClNO6. The van der Waals surface area contributed by atoms with Crippen LogP contribution in [0.3, 0.4) is 0 Å². The average Bonchev–Trinajstić information content (AvgIpc) is 2.68. The minimum Gasteiger partial charge on any atom is -0.486 e. The van der Waals surface area contributed by atoms with Crippen LogP contribution < -0.4 is 9.47 Å². The summed E-state index contributed by atoms with van der Waals surface area (Å²) in [4.78, 5) is 27.3. The molecule has 1 amide bonds. The molecule has 0 spiro atoms.